The SMILES string of the molecule is CCOCCOc1cccc(C(=O)N[C@@H](C)c2ccc(OC)cc2)c1. The minimum Gasteiger partial charge on any atom is -0.497 e. The Balaban J connectivity index is 1.94. The van der Waals surface area contributed by atoms with Crippen LogP contribution in [0.3, 0.4) is 0 Å². The van der Waals surface area contributed by atoms with Gasteiger partial charge in [0.05, 0.1) is 19.8 Å². The number of benzene rings is 2. The third-order valence-electron chi connectivity index (χ3n) is 3.76. The van der Waals surface area contributed by atoms with Gasteiger partial charge in [-0.05, 0) is 49.7 Å². The van der Waals surface area contributed by atoms with Gasteiger partial charge in [-0.25, -0.2) is 0 Å². The van der Waals surface area contributed by atoms with Crippen LogP contribution in [0.4, 0.5) is 0 Å². The number of carbonyl (C=O) groups excluding carboxylic acids is 1. The Labute approximate surface area is 148 Å². The fourth-order valence-electron chi connectivity index (χ4n) is 2.35. The molecule has 0 aliphatic carbocycles. The van der Waals surface area contributed by atoms with Crippen molar-refractivity contribution in [2.24, 2.45) is 0 Å². The van der Waals surface area contributed by atoms with Crippen LogP contribution < -0.4 is 14.8 Å². The maximum atomic E-state index is 12.5. The first-order chi connectivity index (χ1) is 12.1. The van der Waals surface area contributed by atoms with E-state index >= 15 is 0 Å². The standard InChI is InChI=1S/C20H25NO4/c1-4-24-12-13-25-19-7-5-6-17(14-19)20(22)21-15(2)16-8-10-18(23-3)11-9-16/h5-11,14-15H,4,12-13H2,1-3H3,(H,21,22)/t15-/m0/s1. The number of rotatable bonds is 9. The van der Waals surface area contributed by atoms with Crippen molar-refractivity contribution in [2.45, 2.75) is 19.9 Å². The normalized spacial score (nSPS) is 11.6. The van der Waals surface area contributed by atoms with Gasteiger partial charge in [-0.2, -0.15) is 0 Å². The van der Waals surface area contributed by atoms with Crippen molar-refractivity contribution in [3.05, 3.63) is 59.7 Å². The zero-order valence-corrected chi connectivity index (χ0v) is 15.0. The Hall–Kier alpha value is -2.53. The van der Waals surface area contributed by atoms with Crippen molar-refractivity contribution in [3.63, 3.8) is 0 Å². The molecule has 0 heterocycles. The van der Waals surface area contributed by atoms with E-state index in [4.69, 9.17) is 14.2 Å². The number of hydrogen-bond donors (Lipinski definition) is 1. The van der Waals surface area contributed by atoms with Crippen LogP contribution in [0.15, 0.2) is 48.5 Å². The van der Waals surface area contributed by atoms with Gasteiger partial charge in [0, 0.05) is 12.2 Å². The summed E-state index contributed by atoms with van der Waals surface area (Å²) >= 11 is 0. The smallest absolute Gasteiger partial charge is 0.251 e. The highest BCUT2D eigenvalue weighted by Gasteiger charge is 2.12. The molecular formula is C20H25NO4. The molecule has 0 aromatic heterocycles. The Bertz CT molecular complexity index is 670. The molecule has 0 bridgehead atoms. The third kappa shape index (κ3) is 5.80. The molecule has 0 saturated carbocycles. The molecule has 1 atom stereocenters. The zero-order valence-electron chi connectivity index (χ0n) is 15.0. The van der Waals surface area contributed by atoms with Crippen LogP contribution in [-0.4, -0.2) is 32.8 Å². The van der Waals surface area contributed by atoms with E-state index in [-0.39, 0.29) is 11.9 Å². The number of methoxy groups -OCH3 is 1. The van der Waals surface area contributed by atoms with Crippen molar-refractivity contribution in [2.75, 3.05) is 26.9 Å². The van der Waals surface area contributed by atoms with E-state index in [1.807, 2.05) is 50.2 Å². The average molecular weight is 343 g/mol. The maximum Gasteiger partial charge on any atom is 0.251 e. The predicted molar refractivity (Wildman–Crippen MR) is 97.3 cm³/mol. The molecule has 2 aromatic rings. The summed E-state index contributed by atoms with van der Waals surface area (Å²) in [5.41, 5.74) is 1.58. The summed E-state index contributed by atoms with van der Waals surface area (Å²) in [5.74, 6) is 1.31. The van der Waals surface area contributed by atoms with E-state index in [2.05, 4.69) is 5.32 Å². The summed E-state index contributed by atoms with van der Waals surface area (Å²) in [5, 5.41) is 2.99. The van der Waals surface area contributed by atoms with Gasteiger partial charge in [-0.3, -0.25) is 4.79 Å². The fraction of sp³-hybridized carbons (Fsp3) is 0.350. The first-order valence-corrected chi connectivity index (χ1v) is 8.39. The maximum absolute atomic E-state index is 12.5. The topological polar surface area (TPSA) is 56.8 Å². The van der Waals surface area contributed by atoms with Gasteiger partial charge in [-0.1, -0.05) is 18.2 Å². The van der Waals surface area contributed by atoms with Crippen molar-refractivity contribution in [1.82, 2.24) is 5.32 Å². The quantitative estimate of drug-likeness (QED) is 0.707. The monoisotopic (exact) mass is 343 g/mol. The lowest BCUT2D eigenvalue weighted by atomic mass is 10.1. The van der Waals surface area contributed by atoms with Crippen molar-refractivity contribution < 1.29 is 19.0 Å². The summed E-state index contributed by atoms with van der Waals surface area (Å²) in [6.45, 7) is 5.54. The molecule has 25 heavy (non-hydrogen) atoms. The Morgan fingerprint density at radius 2 is 1.84 bits per heavy atom. The molecule has 5 nitrogen and oxygen atoms in total. The molecule has 0 aliphatic heterocycles. The van der Waals surface area contributed by atoms with Crippen LogP contribution in [0.5, 0.6) is 11.5 Å². The molecule has 0 aliphatic rings. The first-order valence-electron chi connectivity index (χ1n) is 8.39. The van der Waals surface area contributed by atoms with Crippen LogP contribution in [0.25, 0.3) is 0 Å². The molecule has 134 valence electrons. The Morgan fingerprint density at radius 1 is 1.08 bits per heavy atom. The van der Waals surface area contributed by atoms with Crippen LogP contribution in [0.1, 0.15) is 35.8 Å². The van der Waals surface area contributed by atoms with Crippen LogP contribution in [-0.2, 0) is 4.74 Å². The highest BCUT2D eigenvalue weighted by Crippen LogP contribution is 2.19. The van der Waals surface area contributed by atoms with E-state index in [9.17, 15) is 4.79 Å². The number of carbonyl (C=O) groups is 1. The number of amides is 1. The summed E-state index contributed by atoms with van der Waals surface area (Å²) in [7, 11) is 1.63. The van der Waals surface area contributed by atoms with E-state index in [1.165, 1.54) is 0 Å². The Morgan fingerprint density at radius 3 is 2.52 bits per heavy atom. The van der Waals surface area contributed by atoms with E-state index in [0.717, 1.165) is 11.3 Å². The van der Waals surface area contributed by atoms with Gasteiger partial charge in [0.2, 0.25) is 0 Å². The van der Waals surface area contributed by atoms with Gasteiger partial charge >= 0.3 is 0 Å². The van der Waals surface area contributed by atoms with Crippen molar-refractivity contribution in [3.8, 4) is 11.5 Å². The lowest BCUT2D eigenvalue weighted by Crippen LogP contribution is -2.26. The third-order valence-corrected chi connectivity index (χ3v) is 3.76. The number of hydrogen-bond acceptors (Lipinski definition) is 4. The average Bonchev–Trinajstić information content (AvgIpc) is 2.65. The molecule has 0 unspecified atom stereocenters. The summed E-state index contributed by atoms with van der Waals surface area (Å²) < 4.78 is 16.0. The molecule has 0 radical (unpaired) electrons. The molecule has 1 amide bonds. The van der Waals surface area contributed by atoms with Crippen LogP contribution in [0, 0.1) is 0 Å². The summed E-state index contributed by atoms with van der Waals surface area (Å²) in [6, 6.07) is 14.7. The first kappa shape index (κ1) is 18.8. The molecule has 0 spiro atoms. The van der Waals surface area contributed by atoms with Gasteiger partial charge in [0.25, 0.3) is 5.91 Å². The Kier molecular flexibility index (Phi) is 7.29. The van der Waals surface area contributed by atoms with Crippen LogP contribution in [0.2, 0.25) is 0 Å². The largest absolute Gasteiger partial charge is 0.497 e. The second-order valence-electron chi connectivity index (χ2n) is 5.54. The lowest BCUT2D eigenvalue weighted by molar-refractivity contribution is 0.0938. The van der Waals surface area contributed by atoms with E-state index < -0.39 is 0 Å². The molecule has 2 rings (SSSR count). The van der Waals surface area contributed by atoms with Gasteiger partial charge < -0.3 is 19.5 Å². The minimum absolute atomic E-state index is 0.110. The highest BCUT2D eigenvalue weighted by molar-refractivity contribution is 5.94. The second kappa shape index (κ2) is 9.69. The fourth-order valence-corrected chi connectivity index (χ4v) is 2.35. The number of ether oxygens (including phenoxy) is 3. The van der Waals surface area contributed by atoms with Gasteiger partial charge in [-0.15, -0.1) is 0 Å². The van der Waals surface area contributed by atoms with E-state index in [1.54, 1.807) is 19.2 Å². The predicted octanol–water partition coefficient (Wildman–Crippen LogP) is 3.60. The van der Waals surface area contributed by atoms with Gasteiger partial charge in [0.15, 0.2) is 0 Å². The molecular weight excluding hydrogens is 318 g/mol. The number of nitrogens with one attached hydrogen (secondary N) is 1. The van der Waals surface area contributed by atoms with Crippen LogP contribution >= 0.6 is 0 Å². The van der Waals surface area contributed by atoms with Crippen molar-refractivity contribution >= 4 is 5.91 Å². The van der Waals surface area contributed by atoms with E-state index in [0.29, 0.717) is 31.1 Å². The summed E-state index contributed by atoms with van der Waals surface area (Å²) in [4.78, 5) is 12.5. The second-order valence-corrected chi connectivity index (χ2v) is 5.54. The van der Waals surface area contributed by atoms with Crippen molar-refractivity contribution in [1.29, 1.82) is 0 Å². The molecule has 0 fully saturated rings. The lowest BCUT2D eigenvalue weighted by Gasteiger charge is -2.15. The highest BCUT2D eigenvalue weighted by atomic mass is 16.5. The minimum atomic E-state index is -0.140. The molecule has 5 heteroatoms. The molecule has 2 aromatic carbocycles. The summed E-state index contributed by atoms with van der Waals surface area (Å²) in [6.07, 6.45) is 0. The van der Waals surface area contributed by atoms with Gasteiger partial charge in [0.1, 0.15) is 18.1 Å². The molecule has 1 N–H and O–H groups in total. The molecule has 0 saturated heterocycles. The zero-order chi connectivity index (χ0) is 18.1.